The van der Waals surface area contributed by atoms with Crippen molar-refractivity contribution in [2.75, 3.05) is 13.2 Å². The highest BCUT2D eigenvalue weighted by molar-refractivity contribution is 8.93. The summed E-state index contributed by atoms with van der Waals surface area (Å²) in [7, 11) is 0. The molecule has 0 radical (unpaired) electrons. The molecule has 5 heteroatoms. The summed E-state index contributed by atoms with van der Waals surface area (Å²) in [6.45, 7) is 7.59. The topological polar surface area (TPSA) is 69.1 Å². The van der Waals surface area contributed by atoms with Gasteiger partial charge in [0.2, 0.25) is 0 Å². The van der Waals surface area contributed by atoms with E-state index in [9.17, 15) is 0 Å². The van der Waals surface area contributed by atoms with E-state index in [2.05, 4.69) is 9.97 Å². The van der Waals surface area contributed by atoms with Crippen LogP contribution in [0.4, 0.5) is 0 Å². The van der Waals surface area contributed by atoms with E-state index in [0.29, 0.717) is 0 Å². The van der Waals surface area contributed by atoms with Crippen molar-refractivity contribution >= 4 is 17.0 Å². The molecule has 4 nitrogen and oxygen atoms in total. The van der Waals surface area contributed by atoms with Gasteiger partial charge in [-0.05, 0) is 13.8 Å². The van der Waals surface area contributed by atoms with E-state index in [4.69, 9.17) is 10.2 Å². The fourth-order valence-corrected chi connectivity index (χ4v) is 0.588. The van der Waals surface area contributed by atoms with Crippen molar-refractivity contribution in [2.45, 2.75) is 27.7 Å². The van der Waals surface area contributed by atoms with Crippen LogP contribution in [-0.2, 0) is 0 Å². The van der Waals surface area contributed by atoms with E-state index in [1.165, 1.54) is 0 Å². The highest BCUT2D eigenvalue weighted by atomic mass is 79.9. The number of aromatic amines is 1. The number of nitrogens with zero attached hydrogens (tertiary/aromatic N) is 1. The van der Waals surface area contributed by atoms with Crippen LogP contribution < -0.4 is 0 Å². The molecule has 0 saturated carbocycles. The maximum Gasteiger partial charge on any atom is 0.103 e. The lowest BCUT2D eigenvalue weighted by Crippen LogP contribution is -2.20. The largest absolute Gasteiger partial charge is 0.396 e. The van der Waals surface area contributed by atoms with E-state index >= 15 is 0 Å². The first-order chi connectivity index (χ1) is 6.41. The van der Waals surface area contributed by atoms with Crippen molar-refractivity contribution in [3.8, 4) is 0 Å². The summed E-state index contributed by atoms with van der Waals surface area (Å²) in [6.07, 6.45) is 1.88. The molecule has 0 aromatic carbocycles. The van der Waals surface area contributed by atoms with Gasteiger partial charge in [-0.3, -0.25) is 0 Å². The highest BCUT2D eigenvalue weighted by Crippen LogP contribution is 2.10. The molecule has 90 valence electrons. The van der Waals surface area contributed by atoms with Crippen LogP contribution in [0.1, 0.15) is 25.4 Å². The van der Waals surface area contributed by atoms with Gasteiger partial charge in [0.25, 0.3) is 0 Å². The van der Waals surface area contributed by atoms with Gasteiger partial charge in [0.05, 0.1) is 18.9 Å². The van der Waals surface area contributed by atoms with Crippen LogP contribution in [0.3, 0.4) is 0 Å². The fraction of sp³-hybridized carbons (Fsp3) is 0.700. The summed E-state index contributed by atoms with van der Waals surface area (Å²) in [5.74, 6) is 0.984. The van der Waals surface area contributed by atoms with Crippen LogP contribution in [0.2, 0.25) is 0 Å². The van der Waals surface area contributed by atoms with Gasteiger partial charge in [-0.15, -0.1) is 17.0 Å². The van der Waals surface area contributed by atoms with Crippen molar-refractivity contribution in [3.63, 3.8) is 0 Å². The quantitative estimate of drug-likeness (QED) is 0.771. The molecule has 1 rings (SSSR count). The molecule has 0 saturated heterocycles. The average molecular weight is 281 g/mol. The zero-order chi connectivity index (χ0) is 11.2. The summed E-state index contributed by atoms with van der Waals surface area (Å²) >= 11 is 0. The van der Waals surface area contributed by atoms with E-state index in [1.807, 2.05) is 20.0 Å². The van der Waals surface area contributed by atoms with Crippen LogP contribution >= 0.6 is 17.0 Å². The number of halogens is 1. The Morgan fingerprint density at radius 1 is 1.27 bits per heavy atom. The number of nitrogens with one attached hydrogen (secondary N) is 1. The minimum absolute atomic E-state index is 0. The van der Waals surface area contributed by atoms with E-state index in [-0.39, 0.29) is 35.6 Å². The van der Waals surface area contributed by atoms with Crippen LogP contribution in [0.15, 0.2) is 6.20 Å². The monoisotopic (exact) mass is 280 g/mol. The van der Waals surface area contributed by atoms with Crippen molar-refractivity contribution in [3.05, 3.63) is 17.7 Å². The van der Waals surface area contributed by atoms with Crippen molar-refractivity contribution in [1.82, 2.24) is 9.97 Å². The van der Waals surface area contributed by atoms with Crippen LogP contribution in [-0.4, -0.2) is 33.4 Å². The Labute approximate surface area is 102 Å². The summed E-state index contributed by atoms with van der Waals surface area (Å²) in [4.78, 5) is 7.01. The molecule has 0 aliphatic rings. The van der Waals surface area contributed by atoms with Crippen molar-refractivity contribution < 1.29 is 10.2 Å². The molecule has 0 fully saturated rings. The number of hydrogen-bond acceptors (Lipinski definition) is 3. The number of rotatable bonds is 2. The second kappa shape index (κ2) is 7.84. The van der Waals surface area contributed by atoms with Gasteiger partial charge in [-0.1, -0.05) is 13.8 Å². The molecule has 0 atom stereocenters. The molecule has 1 aromatic rings. The lowest BCUT2D eigenvalue weighted by atomic mass is 9.97. The van der Waals surface area contributed by atoms with Gasteiger partial charge in [-0.25, -0.2) is 4.98 Å². The maximum absolute atomic E-state index is 8.43. The molecule has 0 bridgehead atoms. The van der Waals surface area contributed by atoms with Gasteiger partial charge in [0, 0.05) is 11.6 Å². The standard InChI is InChI=1S/C5H8N2.C5H12O2.BrH/c1-4-3-6-5(2)7-4;1-5(2,3-6)4-7;/h3H,1-2H3,(H,6,7);6-7H,3-4H2,1-2H3;1H. The second-order valence-electron chi connectivity index (χ2n) is 4.11. The zero-order valence-corrected chi connectivity index (χ0v) is 11.5. The lowest BCUT2D eigenvalue weighted by Gasteiger charge is -2.16. The first-order valence-corrected chi connectivity index (χ1v) is 4.61. The Morgan fingerprint density at radius 2 is 1.73 bits per heavy atom. The third kappa shape index (κ3) is 8.59. The molecule has 0 aliphatic heterocycles. The second-order valence-corrected chi connectivity index (χ2v) is 4.11. The predicted octanol–water partition coefficient (Wildman–Crippen LogP) is 1.60. The highest BCUT2D eigenvalue weighted by Gasteiger charge is 2.13. The fourth-order valence-electron chi connectivity index (χ4n) is 0.588. The molecule has 0 spiro atoms. The smallest absolute Gasteiger partial charge is 0.103 e. The number of aliphatic hydroxyl groups excluding tert-OH is 2. The molecule has 1 aromatic heterocycles. The minimum Gasteiger partial charge on any atom is -0.396 e. The maximum atomic E-state index is 8.43. The van der Waals surface area contributed by atoms with E-state index < -0.39 is 0 Å². The summed E-state index contributed by atoms with van der Waals surface area (Å²) < 4.78 is 0. The van der Waals surface area contributed by atoms with Crippen LogP contribution in [0.25, 0.3) is 0 Å². The third-order valence-electron chi connectivity index (χ3n) is 1.69. The first kappa shape index (κ1) is 17.0. The zero-order valence-electron chi connectivity index (χ0n) is 9.74. The molecule has 1 heterocycles. The van der Waals surface area contributed by atoms with Gasteiger partial charge in [0.15, 0.2) is 0 Å². The molecule has 3 N–H and O–H groups in total. The Bertz CT molecular complexity index is 239. The molecule has 0 aliphatic carbocycles. The molecule has 15 heavy (non-hydrogen) atoms. The third-order valence-corrected chi connectivity index (χ3v) is 1.69. The minimum atomic E-state index is -0.306. The summed E-state index contributed by atoms with van der Waals surface area (Å²) in [5, 5.41) is 16.9. The van der Waals surface area contributed by atoms with Gasteiger partial charge in [0.1, 0.15) is 5.82 Å². The molecular formula is C10H21BrN2O2. The van der Waals surface area contributed by atoms with E-state index in [1.54, 1.807) is 13.8 Å². The number of H-pyrrole nitrogens is 1. The average Bonchev–Trinajstić information content (AvgIpc) is 2.51. The number of aromatic nitrogens is 2. The van der Waals surface area contributed by atoms with E-state index in [0.717, 1.165) is 11.5 Å². The Kier molecular flexibility index (Phi) is 8.90. The number of imidazole rings is 1. The SMILES string of the molecule is Br.CC(C)(CO)CO.Cc1c[nH]c(C)n1. The van der Waals surface area contributed by atoms with Gasteiger partial charge in [-0.2, -0.15) is 0 Å². The summed E-state index contributed by atoms with van der Waals surface area (Å²) in [6, 6.07) is 0. The molecule has 0 amide bonds. The Balaban J connectivity index is 0. The summed E-state index contributed by atoms with van der Waals surface area (Å²) in [5.41, 5.74) is 0.748. The normalized spacial score (nSPS) is 10.0. The van der Waals surface area contributed by atoms with Gasteiger partial charge < -0.3 is 15.2 Å². The number of aryl methyl sites for hydroxylation is 2. The van der Waals surface area contributed by atoms with Gasteiger partial charge >= 0.3 is 0 Å². The predicted molar refractivity (Wildman–Crippen MR) is 66.3 cm³/mol. The Hall–Kier alpha value is -0.390. The lowest BCUT2D eigenvalue weighted by molar-refractivity contribution is 0.0857. The Morgan fingerprint density at radius 3 is 1.80 bits per heavy atom. The molecule has 0 unspecified atom stereocenters. The first-order valence-electron chi connectivity index (χ1n) is 4.61. The number of hydrogen-bond donors (Lipinski definition) is 3. The number of aliphatic hydroxyl groups is 2. The van der Waals surface area contributed by atoms with Crippen molar-refractivity contribution in [2.24, 2.45) is 5.41 Å². The van der Waals surface area contributed by atoms with Crippen molar-refractivity contribution in [1.29, 1.82) is 0 Å². The van der Waals surface area contributed by atoms with Crippen LogP contribution in [0.5, 0.6) is 0 Å². The van der Waals surface area contributed by atoms with Crippen LogP contribution in [0, 0.1) is 19.3 Å². The molecular weight excluding hydrogens is 260 g/mol.